The van der Waals surface area contributed by atoms with E-state index in [-0.39, 0.29) is 25.0 Å². The van der Waals surface area contributed by atoms with Crippen LogP contribution in [0.1, 0.15) is 68.1 Å². The van der Waals surface area contributed by atoms with E-state index < -0.39 is 72.9 Å². The third kappa shape index (κ3) is 7.62. The maximum atomic E-state index is 13.9. The van der Waals surface area contributed by atoms with E-state index in [4.69, 9.17) is 4.74 Å². The zero-order valence-corrected chi connectivity index (χ0v) is 22.1. The van der Waals surface area contributed by atoms with Crippen molar-refractivity contribution in [1.82, 2.24) is 4.98 Å². The van der Waals surface area contributed by atoms with Crippen molar-refractivity contribution in [2.45, 2.75) is 105 Å². The molecule has 3 nitrogen and oxygen atoms in total. The molecule has 0 aliphatic carbocycles. The summed E-state index contributed by atoms with van der Waals surface area (Å²) < 4.78 is 231. The Morgan fingerprint density at radius 2 is 0.977 bits per heavy atom. The largest absolute Gasteiger partial charge is 0.462 e. The van der Waals surface area contributed by atoms with E-state index in [9.17, 15) is 79.4 Å². The van der Waals surface area contributed by atoms with Gasteiger partial charge in [0.05, 0.1) is 12.2 Å². The van der Waals surface area contributed by atoms with Gasteiger partial charge in [-0.3, -0.25) is 4.98 Å². The highest BCUT2D eigenvalue weighted by atomic mass is 19.4. The van der Waals surface area contributed by atoms with Gasteiger partial charge in [-0.25, -0.2) is 4.79 Å². The fourth-order valence-electron chi connectivity index (χ4n) is 3.59. The number of alkyl halides is 17. The third-order valence-electron chi connectivity index (χ3n) is 6.30. The molecule has 0 spiro atoms. The van der Waals surface area contributed by atoms with Crippen LogP contribution in [0.3, 0.4) is 0 Å². The Kier molecular flexibility index (Phi) is 12.4. The average Bonchev–Trinajstić information content (AvgIpc) is 2.90. The molecule has 256 valence electrons. The molecule has 0 radical (unpaired) electrons. The predicted molar refractivity (Wildman–Crippen MR) is 117 cm³/mol. The fraction of sp³-hybridized carbons (Fsp3) is 0.750. The lowest BCUT2D eigenvalue weighted by atomic mass is 9.87. The number of carbonyl (C=O) groups excluding carboxylic acids is 1. The minimum absolute atomic E-state index is 0.0129. The van der Waals surface area contributed by atoms with Crippen molar-refractivity contribution in [2.75, 3.05) is 6.61 Å². The second kappa shape index (κ2) is 13.8. The van der Waals surface area contributed by atoms with E-state index in [2.05, 4.69) is 4.98 Å². The molecular formula is C24H24F17NO2. The molecule has 0 saturated carbocycles. The molecule has 0 aromatic carbocycles. The molecule has 0 bridgehead atoms. The summed E-state index contributed by atoms with van der Waals surface area (Å²) in [6.07, 6.45) is -6.88. The van der Waals surface area contributed by atoms with Crippen molar-refractivity contribution in [3.8, 4) is 0 Å². The molecule has 1 rings (SSSR count). The van der Waals surface area contributed by atoms with Gasteiger partial charge in [-0.1, -0.05) is 38.5 Å². The molecular weight excluding hydrogens is 657 g/mol. The SMILES string of the molecule is O=C(OCCCCCCCCCCC(F)(F)C(F)(F)C(F)(F)C(F)(F)C(F)(F)C(F)(F)C(F)(F)C(F)(F)F)c1cccnc1. The molecule has 0 aliphatic rings. The molecule has 20 heteroatoms. The van der Waals surface area contributed by atoms with E-state index in [1.54, 1.807) is 0 Å². The van der Waals surface area contributed by atoms with E-state index in [1.807, 2.05) is 0 Å². The summed E-state index contributed by atoms with van der Waals surface area (Å²) >= 11 is 0. The maximum Gasteiger partial charge on any atom is 0.460 e. The summed E-state index contributed by atoms with van der Waals surface area (Å²) in [6.45, 7) is 0.0506. The van der Waals surface area contributed by atoms with Gasteiger partial charge >= 0.3 is 53.6 Å². The van der Waals surface area contributed by atoms with Gasteiger partial charge in [0.2, 0.25) is 0 Å². The van der Waals surface area contributed by atoms with Crippen LogP contribution < -0.4 is 0 Å². The Hall–Kier alpha value is -2.57. The van der Waals surface area contributed by atoms with Crippen LogP contribution in [0.5, 0.6) is 0 Å². The Labute approximate surface area is 238 Å². The Morgan fingerprint density at radius 3 is 1.41 bits per heavy atom. The zero-order valence-electron chi connectivity index (χ0n) is 22.1. The standard InChI is InChI=1S/C24H24F17NO2/c25-17(26,11-7-5-3-1-2-4-6-8-13-44-16(43)15-10-9-12-42-14-15)18(27,28)19(29,30)20(31,32)21(33,34)22(35,36)23(37,38)24(39,40)41/h9-10,12,14H,1-8,11,13H2. The van der Waals surface area contributed by atoms with Gasteiger partial charge in [0.15, 0.2) is 0 Å². The first-order valence-corrected chi connectivity index (χ1v) is 12.5. The lowest BCUT2D eigenvalue weighted by molar-refractivity contribution is -0.461. The van der Waals surface area contributed by atoms with Crippen molar-refractivity contribution in [3.63, 3.8) is 0 Å². The van der Waals surface area contributed by atoms with Crippen molar-refractivity contribution < 1.29 is 84.2 Å². The van der Waals surface area contributed by atoms with Crippen LogP contribution in [-0.4, -0.2) is 65.2 Å². The van der Waals surface area contributed by atoms with Gasteiger partial charge in [0.1, 0.15) is 0 Å². The molecule has 1 aromatic rings. The topological polar surface area (TPSA) is 39.2 Å². The molecule has 0 aliphatic heterocycles. The first-order valence-electron chi connectivity index (χ1n) is 12.5. The monoisotopic (exact) mass is 681 g/mol. The van der Waals surface area contributed by atoms with Gasteiger partial charge in [-0.05, 0) is 25.0 Å². The van der Waals surface area contributed by atoms with Crippen LogP contribution in [0.4, 0.5) is 74.6 Å². The lowest BCUT2D eigenvalue weighted by Crippen LogP contribution is -2.74. The highest BCUT2D eigenvalue weighted by molar-refractivity contribution is 5.88. The van der Waals surface area contributed by atoms with Gasteiger partial charge in [-0.15, -0.1) is 0 Å². The summed E-state index contributed by atoms with van der Waals surface area (Å²) in [5, 5.41) is 0. The van der Waals surface area contributed by atoms with Crippen LogP contribution in [-0.2, 0) is 4.74 Å². The van der Waals surface area contributed by atoms with E-state index in [0.717, 1.165) is 0 Å². The smallest absolute Gasteiger partial charge is 0.460 e. The Morgan fingerprint density at radius 1 is 0.568 bits per heavy atom. The second-order valence-corrected chi connectivity index (χ2v) is 9.60. The number of nitrogens with zero attached hydrogens (tertiary/aromatic N) is 1. The number of ether oxygens (including phenoxy) is 1. The fourth-order valence-corrected chi connectivity index (χ4v) is 3.59. The molecule has 0 fully saturated rings. The molecule has 0 amide bonds. The number of esters is 1. The van der Waals surface area contributed by atoms with Gasteiger partial charge in [0, 0.05) is 18.8 Å². The number of pyridine rings is 1. The quantitative estimate of drug-likeness (QED) is 0.0880. The van der Waals surface area contributed by atoms with E-state index in [0.29, 0.717) is 25.7 Å². The highest BCUT2D eigenvalue weighted by Crippen LogP contribution is 2.64. The Balaban J connectivity index is 2.65. The average molecular weight is 681 g/mol. The molecule has 1 heterocycles. The second-order valence-electron chi connectivity index (χ2n) is 9.60. The first kappa shape index (κ1) is 39.5. The number of hydrogen-bond acceptors (Lipinski definition) is 3. The van der Waals surface area contributed by atoms with E-state index >= 15 is 0 Å². The van der Waals surface area contributed by atoms with Crippen molar-refractivity contribution in [2.24, 2.45) is 0 Å². The molecule has 44 heavy (non-hydrogen) atoms. The van der Waals surface area contributed by atoms with Crippen LogP contribution >= 0.6 is 0 Å². The number of aromatic nitrogens is 1. The predicted octanol–water partition coefficient (Wildman–Crippen LogP) is 9.76. The zero-order chi connectivity index (χ0) is 34.5. The molecule has 0 saturated heterocycles. The molecule has 0 atom stereocenters. The normalized spacial score (nSPS) is 14.6. The van der Waals surface area contributed by atoms with Gasteiger partial charge in [-0.2, -0.15) is 74.6 Å². The van der Waals surface area contributed by atoms with Crippen LogP contribution in [0, 0.1) is 0 Å². The number of rotatable bonds is 18. The maximum absolute atomic E-state index is 13.9. The lowest BCUT2D eigenvalue weighted by Gasteiger charge is -2.42. The van der Waals surface area contributed by atoms with Crippen LogP contribution in [0.25, 0.3) is 0 Å². The van der Waals surface area contributed by atoms with E-state index in [1.165, 1.54) is 24.5 Å². The molecule has 0 unspecified atom stereocenters. The number of unbranched alkanes of at least 4 members (excludes halogenated alkanes) is 7. The van der Waals surface area contributed by atoms with Crippen molar-refractivity contribution in [1.29, 1.82) is 0 Å². The number of carbonyl (C=O) groups is 1. The number of halogens is 17. The number of hydrogen-bond donors (Lipinski definition) is 0. The summed E-state index contributed by atoms with van der Waals surface area (Å²) in [7, 11) is 0. The molecule has 0 N–H and O–H groups in total. The summed E-state index contributed by atoms with van der Waals surface area (Å²) in [6, 6.07) is 2.99. The van der Waals surface area contributed by atoms with Gasteiger partial charge in [0.25, 0.3) is 0 Å². The van der Waals surface area contributed by atoms with Gasteiger partial charge < -0.3 is 4.74 Å². The highest BCUT2D eigenvalue weighted by Gasteiger charge is 2.95. The summed E-state index contributed by atoms with van der Waals surface area (Å²) in [4.78, 5) is 15.4. The first-order chi connectivity index (χ1) is 19.7. The molecule has 1 aromatic heterocycles. The van der Waals surface area contributed by atoms with Crippen molar-refractivity contribution >= 4 is 5.97 Å². The minimum atomic E-state index is -8.61. The summed E-state index contributed by atoms with van der Waals surface area (Å²) in [5.74, 6) is -56.6. The van der Waals surface area contributed by atoms with Crippen LogP contribution in [0.15, 0.2) is 24.5 Å². The Bertz CT molecular complexity index is 1060. The summed E-state index contributed by atoms with van der Waals surface area (Å²) in [5.41, 5.74) is 0.221. The van der Waals surface area contributed by atoms with Crippen LogP contribution in [0.2, 0.25) is 0 Å². The minimum Gasteiger partial charge on any atom is -0.462 e. The van der Waals surface area contributed by atoms with Crippen molar-refractivity contribution in [3.05, 3.63) is 30.1 Å². The third-order valence-corrected chi connectivity index (χ3v) is 6.30.